The van der Waals surface area contributed by atoms with Crippen molar-refractivity contribution < 1.29 is 22.3 Å². The Morgan fingerprint density at radius 2 is 1.87 bits per heavy atom. The molecule has 0 N–H and O–H groups in total. The number of hydrogen-bond acceptors (Lipinski definition) is 5. The molecule has 31 heavy (non-hydrogen) atoms. The Hall–Kier alpha value is -3.47. The maximum absolute atomic E-state index is 13.3. The van der Waals surface area contributed by atoms with Crippen LogP contribution >= 0.6 is 11.5 Å². The van der Waals surface area contributed by atoms with Crippen LogP contribution in [-0.4, -0.2) is 13.5 Å². The van der Waals surface area contributed by atoms with E-state index in [1.165, 1.54) is 30.3 Å². The Balaban J connectivity index is 1.75. The first-order valence-corrected chi connectivity index (χ1v) is 9.60. The van der Waals surface area contributed by atoms with Gasteiger partial charge >= 0.3 is 11.9 Å². The van der Waals surface area contributed by atoms with Gasteiger partial charge < -0.3 is 4.74 Å². The number of rotatable bonds is 4. The number of hydrogen-bond donors (Lipinski definition) is 0. The third kappa shape index (κ3) is 3.96. The zero-order valence-electron chi connectivity index (χ0n) is 15.8. The lowest BCUT2D eigenvalue weighted by atomic mass is 10.2. The first kappa shape index (κ1) is 20.8. The Morgan fingerprint density at radius 3 is 2.58 bits per heavy atom. The zero-order valence-corrected chi connectivity index (χ0v) is 16.6. The van der Waals surface area contributed by atoms with Crippen LogP contribution in [0.4, 0.5) is 17.6 Å². The quantitative estimate of drug-likeness (QED) is 0.442. The number of nitrogens with zero attached hydrogens (tertiary/aromatic N) is 3. The molecule has 0 aliphatic carbocycles. The van der Waals surface area contributed by atoms with Gasteiger partial charge in [-0.25, -0.2) is 13.8 Å². The van der Waals surface area contributed by atoms with E-state index in [4.69, 9.17) is 4.74 Å². The minimum Gasteiger partial charge on any atom is -0.487 e. The van der Waals surface area contributed by atoms with Crippen LogP contribution in [-0.2, 0) is 19.8 Å². The number of aromatic nitrogens is 3. The summed E-state index contributed by atoms with van der Waals surface area (Å²) >= 11 is 1.15. The predicted octanol–water partition coefficient (Wildman–Crippen LogP) is 3.88. The second-order valence-electron chi connectivity index (χ2n) is 6.60. The van der Waals surface area contributed by atoms with Gasteiger partial charge in [0.25, 0.3) is 5.56 Å². The first-order chi connectivity index (χ1) is 14.6. The average Bonchev–Trinajstić information content (AvgIpc) is 3.11. The molecule has 4 rings (SSSR count). The predicted molar refractivity (Wildman–Crippen MR) is 106 cm³/mol. The van der Waals surface area contributed by atoms with Crippen molar-refractivity contribution in [1.29, 1.82) is 0 Å². The van der Waals surface area contributed by atoms with Gasteiger partial charge in [-0.1, -0.05) is 6.07 Å². The fourth-order valence-corrected chi connectivity index (χ4v) is 3.83. The highest BCUT2D eigenvalue weighted by atomic mass is 32.1. The smallest absolute Gasteiger partial charge is 0.431 e. The normalized spacial score (nSPS) is 11.8. The number of alkyl halides is 3. The number of ether oxygens (including phenoxy) is 1. The molecule has 2 heterocycles. The number of benzene rings is 2. The van der Waals surface area contributed by atoms with Crippen molar-refractivity contribution in [2.24, 2.45) is 7.05 Å². The van der Waals surface area contributed by atoms with Gasteiger partial charge in [0, 0.05) is 24.6 Å². The van der Waals surface area contributed by atoms with Crippen LogP contribution in [0.2, 0.25) is 0 Å². The molecule has 0 amide bonds. The first-order valence-electron chi connectivity index (χ1n) is 8.82. The van der Waals surface area contributed by atoms with Crippen LogP contribution in [0, 0.1) is 5.82 Å². The maximum Gasteiger partial charge on any atom is 0.431 e. The summed E-state index contributed by atoms with van der Waals surface area (Å²) in [6.45, 7) is -0.00712. The number of fused-ring (bicyclic) bond motifs is 1. The molecule has 160 valence electrons. The SMILES string of the molecule is Cn1c(C(F)(F)F)cc(=O)n(-c2ccc3snc(COc4cccc(F)c4)c3c2)c1=O. The second-order valence-corrected chi connectivity index (χ2v) is 7.40. The van der Waals surface area contributed by atoms with E-state index in [-0.39, 0.29) is 12.3 Å². The average molecular weight is 451 g/mol. The molecular formula is C20H13F4N3O3S. The van der Waals surface area contributed by atoms with E-state index in [1.54, 1.807) is 12.1 Å². The standard InChI is InChI=1S/C20H13F4N3O3S/c1-26-17(20(22,23)24)9-18(28)27(19(26)29)12-5-6-16-14(8-12)15(25-31-16)10-30-13-4-2-3-11(21)7-13/h2-9H,10H2,1H3. The van der Waals surface area contributed by atoms with E-state index >= 15 is 0 Å². The van der Waals surface area contributed by atoms with Crippen LogP contribution in [0.15, 0.2) is 58.1 Å². The second kappa shape index (κ2) is 7.65. The molecule has 4 aromatic rings. The maximum atomic E-state index is 13.3. The van der Waals surface area contributed by atoms with Gasteiger partial charge in [0.15, 0.2) is 0 Å². The molecule has 0 spiro atoms. The van der Waals surface area contributed by atoms with Crippen LogP contribution in [0.1, 0.15) is 11.4 Å². The van der Waals surface area contributed by atoms with Gasteiger partial charge in [-0.05, 0) is 41.9 Å². The highest BCUT2D eigenvalue weighted by Crippen LogP contribution is 2.28. The zero-order chi connectivity index (χ0) is 22.3. The van der Waals surface area contributed by atoms with Crippen molar-refractivity contribution in [3.63, 3.8) is 0 Å². The molecular weight excluding hydrogens is 438 g/mol. The molecule has 2 aromatic heterocycles. The lowest BCUT2D eigenvalue weighted by Gasteiger charge is -2.14. The minimum absolute atomic E-state index is 0.00712. The van der Waals surface area contributed by atoms with Gasteiger partial charge in [-0.2, -0.15) is 17.5 Å². The lowest BCUT2D eigenvalue weighted by Crippen LogP contribution is -2.40. The summed E-state index contributed by atoms with van der Waals surface area (Å²) in [5, 5.41) is 0.563. The molecule has 0 unspecified atom stereocenters. The summed E-state index contributed by atoms with van der Waals surface area (Å²) in [4.78, 5) is 24.9. The summed E-state index contributed by atoms with van der Waals surface area (Å²) in [6, 6.07) is 10.5. The molecule has 0 saturated carbocycles. The topological polar surface area (TPSA) is 66.1 Å². The fourth-order valence-electron chi connectivity index (χ4n) is 3.06. The van der Waals surface area contributed by atoms with E-state index in [9.17, 15) is 27.2 Å². The van der Waals surface area contributed by atoms with Crippen molar-refractivity contribution in [2.45, 2.75) is 12.8 Å². The summed E-state index contributed by atoms with van der Waals surface area (Å²) in [6.07, 6.45) is -4.84. The third-order valence-electron chi connectivity index (χ3n) is 4.57. The van der Waals surface area contributed by atoms with Crippen molar-refractivity contribution in [3.05, 3.63) is 86.6 Å². The highest BCUT2D eigenvalue weighted by Gasteiger charge is 2.35. The Labute approximate surface area is 175 Å². The van der Waals surface area contributed by atoms with Crippen molar-refractivity contribution in [2.75, 3.05) is 0 Å². The van der Waals surface area contributed by atoms with Gasteiger partial charge in [0.1, 0.15) is 23.9 Å². The van der Waals surface area contributed by atoms with Gasteiger partial charge in [0.05, 0.1) is 16.1 Å². The molecule has 0 saturated heterocycles. The van der Waals surface area contributed by atoms with E-state index in [0.717, 1.165) is 23.3 Å². The molecule has 0 fully saturated rings. The van der Waals surface area contributed by atoms with E-state index < -0.39 is 28.9 Å². The lowest BCUT2D eigenvalue weighted by molar-refractivity contribution is -0.144. The molecule has 0 bridgehead atoms. The Kier molecular flexibility index (Phi) is 5.13. The molecule has 0 atom stereocenters. The monoisotopic (exact) mass is 451 g/mol. The molecule has 2 aromatic carbocycles. The van der Waals surface area contributed by atoms with Gasteiger partial charge in [-0.3, -0.25) is 9.36 Å². The van der Waals surface area contributed by atoms with Crippen molar-refractivity contribution in [3.8, 4) is 11.4 Å². The van der Waals surface area contributed by atoms with Crippen molar-refractivity contribution >= 4 is 21.6 Å². The summed E-state index contributed by atoms with van der Waals surface area (Å²) in [7, 11) is 0.948. The molecule has 0 aliphatic heterocycles. The fraction of sp³-hybridized carbons (Fsp3) is 0.150. The van der Waals surface area contributed by atoms with Crippen LogP contribution in [0.5, 0.6) is 5.75 Å². The van der Waals surface area contributed by atoms with Gasteiger partial charge in [0.2, 0.25) is 0 Å². The largest absolute Gasteiger partial charge is 0.487 e. The van der Waals surface area contributed by atoms with E-state index in [0.29, 0.717) is 32.0 Å². The Morgan fingerprint density at radius 1 is 1.10 bits per heavy atom. The molecule has 0 aliphatic rings. The highest BCUT2D eigenvalue weighted by molar-refractivity contribution is 7.13. The minimum atomic E-state index is -4.84. The van der Waals surface area contributed by atoms with Crippen molar-refractivity contribution in [1.82, 2.24) is 13.5 Å². The number of halogens is 4. The molecule has 0 radical (unpaired) electrons. The molecule has 6 nitrogen and oxygen atoms in total. The third-order valence-corrected chi connectivity index (χ3v) is 5.43. The van der Waals surface area contributed by atoms with Crippen LogP contribution < -0.4 is 16.0 Å². The van der Waals surface area contributed by atoms with Gasteiger partial charge in [-0.15, -0.1) is 0 Å². The summed E-state index contributed by atoms with van der Waals surface area (Å²) in [5.74, 6) is -0.162. The van der Waals surface area contributed by atoms with E-state index in [2.05, 4.69) is 4.37 Å². The Bertz CT molecular complexity index is 1410. The summed E-state index contributed by atoms with van der Waals surface area (Å²) in [5.41, 5.74) is -2.99. The van der Waals surface area contributed by atoms with Crippen LogP contribution in [0.3, 0.4) is 0 Å². The summed E-state index contributed by atoms with van der Waals surface area (Å²) < 4.78 is 64.1. The molecule has 11 heteroatoms. The van der Waals surface area contributed by atoms with E-state index in [1.807, 2.05) is 0 Å². The van der Waals surface area contributed by atoms with Crippen LogP contribution in [0.25, 0.3) is 15.8 Å².